The standard InChI is InChI=1S/C11H9ClFNOS2/c1-14(10-9(12)11(15)17-16-10)6-7-2-4-8(13)5-3-7/h2-5H,6H2,1H3. The second kappa shape index (κ2) is 5.16. The van der Waals surface area contributed by atoms with E-state index in [0.29, 0.717) is 6.54 Å². The molecule has 0 aliphatic heterocycles. The molecule has 0 unspecified atom stereocenters. The molecule has 0 bridgehead atoms. The summed E-state index contributed by atoms with van der Waals surface area (Å²) in [5, 5.41) is 1.02. The minimum atomic E-state index is -0.255. The van der Waals surface area contributed by atoms with Gasteiger partial charge in [0.25, 0.3) is 4.74 Å². The first-order valence-corrected chi connectivity index (χ1v) is 7.35. The molecule has 2 rings (SSSR count). The highest BCUT2D eigenvalue weighted by molar-refractivity contribution is 7.70. The molecule has 0 saturated heterocycles. The second-order valence-corrected chi connectivity index (χ2v) is 6.02. The molecule has 17 heavy (non-hydrogen) atoms. The summed E-state index contributed by atoms with van der Waals surface area (Å²) in [5.74, 6) is -0.255. The van der Waals surface area contributed by atoms with Crippen molar-refractivity contribution < 1.29 is 4.39 Å². The summed E-state index contributed by atoms with van der Waals surface area (Å²) in [6, 6.07) is 6.27. The molecular weight excluding hydrogens is 281 g/mol. The zero-order chi connectivity index (χ0) is 12.4. The first-order valence-electron chi connectivity index (χ1n) is 4.82. The van der Waals surface area contributed by atoms with Crippen molar-refractivity contribution in [3.8, 4) is 0 Å². The third-order valence-corrected chi connectivity index (χ3v) is 5.11. The molecule has 2 nitrogen and oxygen atoms in total. The minimum Gasteiger partial charge on any atom is -0.360 e. The molecule has 0 fully saturated rings. The van der Waals surface area contributed by atoms with Crippen molar-refractivity contribution in [2.45, 2.75) is 6.54 Å². The lowest BCUT2D eigenvalue weighted by Crippen LogP contribution is -2.16. The van der Waals surface area contributed by atoms with Gasteiger partial charge in [-0.1, -0.05) is 34.1 Å². The number of nitrogens with zero attached hydrogens (tertiary/aromatic N) is 1. The lowest BCUT2D eigenvalue weighted by molar-refractivity contribution is 0.627. The van der Waals surface area contributed by atoms with Gasteiger partial charge in [-0.15, -0.1) is 0 Å². The summed E-state index contributed by atoms with van der Waals surface area (Å²) in [6.45, 7) is 0.590. The summed E-state index contributed by atoms with van der Waals surface area (Å²) in [7, 11) is 4.33. The van der Waals surface area contributed by atoms with Gasteiger partial charge >= 0.3 is 0 Å². The number of anilines is 1. The molecule has 2 aromatic rings. The highest BCUT2D eigenvalue weighted by atomic mass is 35.5. The van der Waals surface area contributed by atoms with E-state index in [-0.39, 0.29) is 15.6 Å². The quantitative estimate of drug-likeness (QED) is 0.805. The number of hydrogen-bond donors (Lipinski definition) is 0. The van der Waals surface area contributed by atoms with Crippen molar-refractivity contribution in [2.75, 3.05) is 11.9 Å². The Labute approximate surface area is 110 Å². The first kappa shape index (κ1) is 12.5. The van der Waals surface area contributed by atoms with E-state index < -0.39 is 0 Å². The van der Waals surface area contributed by atoms with Gasteiger partial charge in [-0.2, -0.15) is 0 Å². The molecule has 1 aromatic heterocycles. The van der Waals surface area contributed by atoms with Gasteiger partial charge < -0.3 is 4.90 Å². The number of hydrogen-bond acceptors (Lipinski definition) is 4. The molecule has 0 N–H and O–H groups in total. The van der Waals surface area contributed by atoms with Crippen LogP contribution in [0.1, 0.15) is 5.56 Å². The van der Waals surface area contributed by atoms with Crippen LogP contribution in [0.3, 0.4) is 0 Å². The highest BCUT2D eigenvalue weighted by Crippen LogP contribution is 2.31. The van der Waals surface area contributed by atoms with E-state index in [1.807, 2.05) is 11.9 Å². The molecular formula is C11H9ClFNOS2. The predicted molar refractivity (Wildman–Crippen MR) is 72.0 cm³/mol. The van der Waals surface area contributed by atoms with Crippen LogP contribution in [0.5, 0.6) is 0 Å². The van der Waals surface area contributed by atoms with Crippen LogP contribution >= 0.6 is 32.3 Å². The Hall–Kier alpha value is -0.910. The van der Waals surface area contributed by atoms with Crippen molar-refractivity contribution in [3.63, 3.8) is 0 Å². The van der Waals surface area contributed by atoms with Gasteiger partial charge in [0.2, 0.25) is 0 Å². The fourth-order valence-corrected chi connectivity index (χ4v) is 4.15. The van der Waals surface area contributed by atoms with Crippen LogP contribution in [-0.2, 0) is 6.54 Å². The van der Waals surface area contributed by atoms with Gasteiger partial charge in [0.15, 0.2) is 0 Å². The lowest BCUT2D eigenvalue weighted by atomic mass is 10.2. The summed E-state index contributed by atoms with van der Waals surface area (Å²) in [4.78, 5) is 13.1. The number of rotatable bonds is 3. The monoisotopic (exact) mass is 289 g/mol. The van der Waals surface area contributed by atoms with E-state index in [1.165, 1.54) is 22.5 Å². The zero-order valence-corrected chi connectivity index (χ0v) is 11.3. The van der Waals surface area contributed by atoms with Crippen molar-refractivity contribution >= 4 is 37.3 Å². The summed E-state index contributed by atoms with van der Waals surface area (Å²) in [5.41, 5.74) is 0.968. The van der Waals surface area contributed by atoms with Gasteiger partial charge in [-0.05, 0) is 28.0 Å². The van der Waals surface area contributed by atoms with E-state index in [0.717, 1.165) is 20.9 Å². The van der Waals surface area contributed by atoms with Gasteiger partial charge in [0.1, 0.15) is 15.8 Å². The van der Waals surface area contributed by atoms with Crippen LogP contribution in [-0.4, -0.2) is 7.05 Å². The molecule has 0 aliphatic rings. The maximum absolute atomic E-state index is 12.7. The van der Waals surface area contributed by atoms with E-state index in [2.05, 4.69) is 0 Å². The average Bonchev–Trinajstić information content (AvgIpc) is 2.63. The first-order chi connectivity index (χ1) is 8.08. The van der Waals surface area contributed by atoms with Gasteiger partial charge in [0.05, 0.1) is 0 Å². The molecule has 0 amide bonds. The molecule has 0 radical (unpaired) electrons. The van der Waals surface area contributed by atoms with E-state index >= 15 is 0 Å². The lowest BCUT2D eigenvalue weighted by Gasteiger charge is -2.17. The predicted octanol–water partition coefficient (Wildman–Crippen LogP) is 3.60. The van der Waals surface area contributed by atoms with E-state index in [4.69, 9.17) is 11.6 Å². The third-order valence-electron chi connectivity index (χ3n) is 2.24. The average molecular weight is 290 g/mol. The SMILES string of the molecule is CN(Cc1ccc(F)cc1)c1ssc(=O)c1Cl. The summed E-state index contributed by atoms with van der Waals surface area (Å²) in [6.07, 6.45) is 0. The van der Waals surface area contributed by atoms with Crippen molar-refractivity contribution in [1.82, 2.24) is 0 Å². The third kappa shape index (κ3) is 2.86. The molecule has 6 heteroatoms. The maximum atomic E-state index is 12.7. The van der Waals surface area contributed by atoms with Gasteiger partial charge in [-0.3, -0.25) is 4.79 Å². The maximum Gasteiger partial charge on any atom is 0.263 e. The second-order valence-electron chi connectivity index (χ2n) is 3.56. The molecule has 90 valence electrons. The Bertz CT molecular complexity index is 564. The number of halogens is 2. The van der Waals surface area contributed by atoms with Crippen LogP contribution in [0.25, 0.3) is 0 Å². The van der Waals surface area contributed by atoms with Crippen LogP contribution < -0.4 is 9.64 Å². The fraction of sp³-hybridized carbons (Fsp3) is 0.182. The molecule has 0 spiro atoms. The Morgan fingerprint density at radius 1 is 1.29 bits per heavy atom. The van der Waals surface area contributed by atoms with Gasteiger partial charge in [0, 0.05) is 13.6 Å². The van der Waals surface area contributed by atoms with Gasteiger partial charge in [-0.25, -0.2) is 4.39 Å². The fourth-order valence-electron chi connectivity index (χ4n) is 1.40. The van der Waals surface area contributed by atoms with Crippen molar-refractivity contribution in [2.24, 2.45) is 0 Å². The summed E-state index contributed by atoms with van der Waals surface area (Å²) < 4.78 is 12.6. The number of benzene rings is 1. The zero-order valence-electron chi connectivity index (χ0n) is 8.94. The Kier molecular flexibility index (Phi) is 3.81. The Balaban J connectivity index is 2.17. The van der Waals surface area contributed by atoms with Crippen LogP contribution in [0.15, 0.2) is 29.1 Å². The normalized spacial score (nSPS) is 10.5. The molecule has 1 aromatic carbocycles. The topological polar surface area (TPSA) is 20.3 Å². The highest BCUT2D eigenvalue weighted by Gasteiger charge is 2.12. The minimum absolute atomic E-state index is 0.113. The van der Waals surface area contributed by atoms with E-state index in [1.54, 1.807) is 12.1 Å². The summed E-state index contributed by atoms with van der Waals surface area (Å²) >= 11 is 5.90. The molecule has 1 heterocycles. The molecule has 0 aliphatic carbocycles. The largest absolute Gasteiger partial charge is 0.360 e. The Morgan fingerprint density at radius 2 is 1.94 bits per heavy atom. The van der Waals surface area contributed by atoms with Crippen LogP contribution in [0.4, 0.5) is 9.39 Å². The van der Waals surface area contributed by atoms with Crippen molar-refractivity contribution in [1.29, 1.82) is 0 Å². The van der Waals surface area contributed by atoms with Crippen LogP contribution in [0, 0.1) is 5.82 Å². The Morgan fingerprint density at radius 3 is 2.47 bits per heavy atom. The smallest absolute Gasteiger partial charge is 0.263 e. The van der Waals surface area contributed by atoms with E-state index in [9.17, 15) is 9.18 Å². The van der Waals surface area contributed by atoms with Crippen LogP contribution in [0.2, 0.25) is 5.02 Å². The molecule has 0 atom stereocenters. The van der Waals surface area contributed by atoms with Crippen molar-refractivity contribution in [3.05, 3.63) is 50.2 Å². The molecule has 0 saturated carbocycles.